The quantitative estimate of drug-likeness (QED) is 0.716. The first-order chi connectivity index (χ1) is 13.3. The highest BCUT2D eigenvalue weighted by atomic mass is 16.3. The number of nitrogens with zero attached hydrogens (tertiary/aromatic N) is 3. The summed E-state index contributed by atoms with van der Waals surface area (Å²) < 4.78 is 0. The molecule has 0 saturated carbocycles. The average molecular weight is 388 g/mol. The number of carbonyl (C=O) groups is 3. The van der Waals surface area contributed by atoms with Gasteiger partial charge in [0.2, 0.25) is 17.7 Å². The molecule has 28 heavy (non-hydrogen) atoms. The number of hydrogen-bond acceptors (Lipinski definition) is 5. The van der Waals surface area contributed by atoms with Crippen LogP contribution < -0.4 is 10.2 Å². The lowest BCUT2D eigenvalue weighted by Gasteiger charge is -2.27. The van der Waals surface area contributed by atoms with Gasteiger partial charge in [0.15, 0.2) is 0 Å². The standard InChI is InChI=1S/C20H28N4O4/c1-4-22(3)12-19(27)21-15-10-23(11-18(15)26)20(28)17-9-14-7-5-6-8-16(14)24(17)13(2)25/h5-8,15,17-18,26H,4,9-12H2,1-3H3,(H,21,27)/t15-,17?,18-/m1/s1. The van der Waals surface area contributed by atoms with Crippen LogP contribution in [0.25, 0.3) is 0 Å². The fourth-order valence-corrected chi connectivity index (χ4v) is 3.90. The van der Waals surface area contributed by atoms with Crippen LogP contribution in [0.1, 0.15) is 19.4 Å². The van der Waals surface area contributed by atoms with Gasteiger partial charge in [-0.15, -0.1) is 0 Å². The van der Waals surface area contributed by atoms with Crippen LogP contribution >= 0.6 is 0 Å². The summed E-state index contributed by atoms with van der Waals surface area (Å²) in [5, 5.41) is 13.2. The van der Waals surface area contributed by atoms with Crippen molar-refractivity contribution in [3.05, 3.63) is 29.8 Å². The van der Waals surface area contributed by atoms with Crippen LogP contribution in [-0.4, -0.2) is 84.0 Å². The van der Waals surface area contributed by atoms with Gasteiger partial charge in [0.25, 0.3) is 0 Å². The third kappa shape index (κ3) is 4.02. The summed E-state index contributed by atoms with van der Waals surface area (Å²) in [6.45, 7) is 4.77. The van der Waals surface area contributed by atoms with Gasteiger partial charge in [-0.2, -0.15) is 0 Å². The summed E-state index contributed by atoms with van der Waals surface area (Å²) in [5.41, 5.74) is 1.73. The van der Waals surface area contributed by atoms with Crippen molar-refractivity contribution in [2.45, 2.75) is 38.5 Å². The van der Waals surface area contributed by atoms with E-state index in [-0.39, 0.29) is 37.4 Å². The van der Waals surface area contributed by atoms with Crippen LogP contribution in [0, 0.1) is 0 Å². The van der Waals surface area contributed by atoms with Crippen molar-refractivity contribution in [1.29, 1.82) is 0 Å². The average Bonchev–Trinajstić information content (AvgIpc) is 3.21. The predicted octanol–water partition coefficient (Wildman–Crippen LogP) is -0.396. The SMILES string of the molecule is CCN(C)CC(=O)N[C@@H]1CN(C(=O)C2Cc3ccccc3N2C(C)=O)C[C@H]1O. The number of aliphatic hydroxyl groups is 1. The lowest BCUT2D eigenvalue weighted by molar-refractivity contribution is -0.133. The van der Waals surface area contributed by atoms with E-state index in [1.807, 2.05) is 43.1 Å². The predicted molar refractivity (Wildman–Crippen MR) is 105 cm³/mol. The Hall–Kier alpha value is -2.45. The largest absolute Gasteiger partial charge is 0.389 e. The number of para-hydroxylation sites is 1. The van der Waals surface area contributed by atoms with Crippen molar-refractivity contribution >= 4 is 23.4 Å². The monoisotopic (exact) mass is 388 g/mol. The highest BCUT2D eigenvalue weighted by Crippen LogP contribution is 2.33. The van der Waals surface area contributed by atoms with Crippen molar-refractivity contribution in [2.75, 3.05) is 38.1 Å². The topological polar surface area (TPSA) is 93.2 Å². The fourth-order valence-electron chi connectivity index (χ4n) is 3.90. The second-order valence-electron chi connectivity index (χ2n) is 7.55. The summed E-state index contributed by atoms with van der Waals surface area (Å²) in [7, 11) is 1.84. The Balaban J connectivity index is 1.67. The molecule has 1 saturated heterocycles. The number of anilines is 1. The summed E-state index contributed by atoms with van der Waals surface area (Å²) >= 11 is 0. The molecule has 3 rings (SSSR count). The van der Waals surface area contributed by atoms with Gasteiger partial charge in [-0.05, 0) is 25.2 Å². The van der Waals surface area contributed by atoms with E-state index < -0.39 is 18.2 Å². The zero-order valence-corrected chi connectivity index (χ0v) is 16.6. The van der Waals surface area contributed by atoms with Gasteiger partial charge < -0.3 is 15.3 Å². The Kier molecular flexibility index (Phi) is 6.00. The van der Waals surface area contributed by atoms with Gasteiger partial charge in [-0.1, -0.05) is 25.1 Å². The number of aliphatic hydroxyl groups excluding tert-OH is 1. The van der Waals surface area contributed by atoms with Gasteiger partial charge in [0.1, 0.15) is 6.04 Å². The Morgan fingerprint density at radius 2 is 1.96 bits per heavy atom. The number of nitrogens with one attached hydrogen (secondary N) is 1. The number of β-amino-alcohol motifs (C(OH)–C–C–N with tert-alkyl or cyclic N) is 1. The summed E-state index contributed by atoms with van der Waals surface area (Å²) in [6, 6.07) is 6.39. The van der Waals surface area contributed by atoms with Gasteiger partial charge >= 0.3 is 0 Å². The maximum absolute atomic E-state index is 13.1. The third-order valence-electron chi connectivity index (χ3n) is 5.50. The third-order valence-corrected chi connectivity index (χ3v) is 5.50. The molecule has 8 heteroatoms. The molecule has 2 aliphatic heterocycles. The van der Waals surface area contributed by atoms with Crippen molar-refractivity contribution < 1.29 is 19.5 Å². The number of amides is 3. The summed E-state index contributed by atoms with van der Waals surface area (Å²) in [5.74, 6) is -0.565. The molecule has 3 amide bonds. The van der Waals surface area contributed by atoms with Crippen molar-refractivity contribution in [1.82, 2.24) is 15.1 Å². The highest BCUT2D eigenvalue weighted by Gasteiger charge is 2.43. The van der Waals surface area contributed by atoms with Gasteiger partial charge in [0, 0.05) is 32.1 Å². The molecule has 1 aromatic carbocycles. The minimum atomic E-state index is -0.825. The summed E-state index contributed by atoms with van der Waals surface area (Å²) in [6.07, 6.45) is -0.367. The van der Waals surface area contributed by atoms with E-state index in [1.54, 1.807) is 4.90 Å². The lowest BCUT2D eigenvalue weighted by atomic mass is 10.1. The number of fused-ring (bicyclic) bond motifs is 1. The molecular formula is C20H28N4O4. The first kappa shape index (κ1) is 20.3. The van der Waals surface area contributed by atoms with Gasteiger partial charge in [-0.25, -0.2) is 0 Å². The van der Waals surface area contributed by atoms with Crippen LogP contribution in [0.2, 0.25) is 0 Å². The van der Waals surface area contributed by atoms with Crippen molar-refractivity contribution in [2.24, 2.45) is 0 Å². The Labute approximate surface area is 165 Å². The van der Waals surface area contributed by atoms with Crippen LogP contribution in [0.4, 0.5) is 5.69 Å². The van der Waals surface area contributed by atoms with E-state index in [2.05, 4.69) is 5.32 Å². The van der Waals surface area contributed by atoms with Crippen molar-refractivity contribution in [3.8, 4) is 0 Å². The number of likely N-dealkylation sites (tertiary alicyclic amines) is 1. The van der Waals surface area contributed by atoms with Crippen LogP contribution in [0.15, 0.2) is 24.3 Å². The van der Waals surface area contributed by atoms with Gasteiger partial charge in [-0.3, -0.25) is 24.2 Å². The second-order valence-corrected chi connectivity index (χ2v) is 7.55. The molecule has 0 spiro atoms. The van der Waals surface area contributed by atoms with E-state index in [1.165, 1.54) is 11.8 Å². The summed E-state index contributed by atoms with van der Waals surface area (Å²) in [4.78, 5) is 42.4. The second kappa shape index (κ2) is 8.28. The first-order valence-electron chi connectivity index (χ1n) is 9.64. The molecule has 0 radical (unpaired) electrons. The number of likely N-dealkylation sites (N-methyl/N-ethyl adjacent to an activating group) is 1. The Morgan fingerprint density at radius 3 is 2.64 bits per heavy atom. The molecule has 2 aliphatic rings. The molecule has 2 heterocycles. The maximum Gasteiger partial charge on any atom is 0.246 e. The number of benzene rings is 1. The Bertz CT molecular complexity index is 768. The first-order valence-corrected chi connectivity index (χ1v) is 9.64. The number of hydrogen-bond donors (Lipinski definition) is 2. The smallest absolute Gasteiger partial charge is 0.246 e. The Morgan fingerprint density at radius 1 is 1.25 bits per heavy atom. The van der Waals surface area contributed by atoms with Crippen molar-refractivity contribution in [3.63, 3.8) is 0 Å². The zero-order chi connectivity index (χ0) is 20.4. The molecule has 0 aliphatic carbocycles. The normalized spacial score (nSPS) is 23.8. The van der Waals surface area contributed by atoms with E-state index in [9.17, 15) is 19.5 Å². The molecule has 152 valence electrons. The van der Waals surface area contributed by atoms with Gasteiger partial charge in [0.05, 0.1) is 18.7 Å². The van der Waals surface area contributed by atoms with E-state index in [4.69, 9.17) is 0 Å². The number of rotatable bonds is 5. The number of carbonyl (C=O) groups excluding carboxylic acids is 3. The zero-order valence-electron chi connectivity index (χ0n) is 16.6. The minimum absolute atomic E-state index is 0.145. The minimum Gasteiger partial charge on any atom is -0.389 e. The molecule has 2 N–H and O–H groups in total. The molecule has 1 unspecified atom stereocenters. The van der Waals surface area contributed by atoms with Crippen LogP contribution in [0.3, 0.4) is 0 Å². The van der Waals surface area contributed by atoms with E-state index in [0.717, 1.165) is 17.8 Å². The molecule has 0 bridgehead atoms. The lowest BCUT2D eigenvalue weighted by Crippen LogP contribution is -2.49. The highest BCUT2D eigenvalue weighted by molar-refractivity contribution is 6.02. The van der Waals surface area contributed by atoms with E-state index in [0.29, 0.717) is 6.42 Å². The van der Waals surface area contributed by atoms with E-state index >= 15 is 0 Å². The molecule has 1 aromatic rings. The maximum atomic E-state index is 13.1. The fraction of sp³-hybridized carbons (Fsp3) is 0.550. The molecule has 1 fully saturated rings. The molecular weight excluding hydrogens is 360 g/mol. The van der Waals surface area contributed by atoms with Crippen LogP contribution in [-0.2, 0) is 20.8 Å². The molecule has 0 aromatic heterocycles. The molecule has 8 nitrogen and oxygen atoms in total. The van der Waals surface area contributed by atoms with Crippen LogP contribution in [0.5, 0.6) is 0 Å². The molecule has 3 atom stereocenters.